The smallest absolute Gasteiger partial charge is 0.220 e. The summed E-state index contributed by atoms with van der Waals surface area (Å²) in [4.78, 5) is 12.3. The molecule has 0 heterocycles. The second kappa shape index (κ2) is 41.0. The van der Waals surface area contributed by atoms with Crippen LogP contribution in [0.3, 0.4) is 0 Å². The second-order valence-electron chi connectivity index (χ2n) is 13.7. The van der Waals surface area contributed by atoms with E-state index < -0.39 is 12.1 Å². The van der Waals surface area contributed by atoms with Crippen molar-refractivity contribution >= 4 is 5.91 Å². The van der Waals surface area contributed by atoms with E-state index in [4.69, 9.17) is 0 Å². The zero-order chi connectivity index (χ0) is 36.4. The molecule has 2 unspecified atom stereocenters. The van der Waals surface area contributed by atoms with Crippen LogP contribution in [0.4, 0.5) is 0 Å². The van der Waals surface area contributed by atoms with E-state index in [1.165, 1.54) is 103 Å². The van der Waals surface area contributed by atoms with Crippen LogP contribution in [0.2, 0.25) is 0 Å². The van der Waals surface area contributed by atoms with Crippen molar-refractivity contribution in [1.29, 1.82) is 0 Å². The number of hydrogen-bond donors (Lipinski definition) is 3. The molecule has 0 aromatic rings. The van der Waals surface area contributed by atoms with Gasteiger partial charge in [-0.15, -0.1) is 0 Å². The van der Waals surface area contributed by atoms with Crippen LogP contribution >= 0.6 is 0 Å². The van der Waals surface area contributed by atoms with Crippen molar-refractivity contribution in [3.05, 3.63) is 85.1 Å². The first-order valence-electron chi connectivity index (χ1n) is 20.8. The maximum absolute atomic E-state index is 12.3. The maximum atomic E-state index is 12.3. The molecule has 0 saturated carbocycles. The Balaban J connectivity index is 3.75. The Labute approximate surface area is 310 Å². The molecule has 4 heteroatoms. The maximum Gasteiger partial charge on any atom is 0.220 e. The van der Waals surface area contributed by atoms with E-state index in [0.717, 1.165) is 51.4 Å². The molecule has 3 N–H and O–H groups in total. The minimum atomic E-state index is -0.874. The van der Waals surface area contributed by atoms with Crippen molar-refractivity contribution in [2.24, 2.45) is 0 Å². The summed E-state index contributed by atoms with van der Waals surface area (Å²) in [7, 11) is 0. The number of nitrogens with one attached hydrogen (secondary N) is 1. The lowest BCUT2D eigenvalue weighted by molar-refractivity contribution is -0.122. The Morgan fingerprint density at radius 2 is 0.880 bits per heavy atom. The molecule has 50 heavy (non-hydrogen) atoms. The molecule has 0 aliphatic heterocycles. The van der Waals surface area contributed by atoms with Gasteiger partial charge in [0.15, 0.2) is 0 Å². The first-order valence-corrected chi connectivity index (χ1v) is 20.8. The van der Waals surface area contributed by atoms with Gasteiger partial charge in [0, 0.05) is 6.42 Å². The predicted molar refractivity (Wildman–Crippen MR) is 220 cm³/mol. The monoisotopic (exact) mass is 694 g/mol. The Hall–Kier alpha value is -2.43. The van der Waals surface area contributed by atoms with E-state index >= 15 is 0 Å². The third kappa shape index (κ3) is 36.8. The van der Waals surface area contributed by atoms with Gasteiger partial charge < -0.3 is 15.5 Å². The first kappa shape index (κ1) is 47.6. The molecule has 0 spiro atoms. The van der Waals surface area contributed by atoms with Crippen LogP contribution in [0.5, 0.6) is 0 Å². The summed E-state index contributed by atoms with van der Waals surface area (Å²) >= 11 is 0. The summed E-state index contributed by atoms with van der Waals surface area (Å²) in [6.07, 6.45) is 59.8. The molecular formula is C46H79NO3. The highest BCUT2D eigenvalue weighted by Crippen LogP contribution is 2.14. The van der Waals surface area contributed by atoms with Crippen LogP contribution in [0.15, 0.2) is 85.1 Å². The third-order valence-electron chi connectivity index (χ3n) is 8.90. The summed E-state index contributed by atoms with van der Waals surface area (Å²) in [5.74, 6) is -0.149. The summed E-state index contributed by atoms with van der Waals surface area (Å²) in [5.41, 5.74) is 0. The van der Waals surface area contributed by atoms with E-state index in [9.17, 15) is 15.0 Å². The van der Waals surface area contributed by atoms with Crippen LogP contribution in [0, 0.1) is 0 Å². The summed E-state index contributed by atoms with van der Waals surface area (Å²) in [6.45, 7) is 4.15. The molecule has 0 aromatic heterocycles. The average molecular weight is 694 g/mol. The zero-order valence-corrected chi connectivity index (χ0v) is 32.6. The van der Waals surface area contributed by atoms with Crippen LogP contribution in [-0.2, 0) is 4.79 Å². The fourth-order valence-corrected chi connectivity index (χ4v) is 5.73. The van der Waals surface area contributed by atoms with Crippen LogP contribution in [0.1, 0.15) is 181 Å². The number of aliphatic hydroxyl groups is 2. The van der Waals surface area contributed by atoms with Crippen molar-refractivity contribution in [2.45, 2.75) is 193 Å². The molecule has 1 amide bonds. The van der Waals surface area contributed by atoms with Crippen molar-refractivity contribution in [2.75, 3.05) is 6.61 Å². The lowest BCUT2D eigenvalue weighted by atomic mass is 10.0. The summed E-state index contributed by atoms with van der Waals surface area (Å²) < 4.78 is 0. The Morgan fingerprint density at radius 1 is 0.500 bits per heavy atom. The molecule has 2 atom stereocenters. The molecule has 0 radical (unpaired) electrons. The van der Waals surface area contributed by atoms with Crippen LogP contribution in [-0.4, -0.2) is 34.9 Å². The number of unbranched alkanes of at least 4 members (excludes halogenated alkanes) is 17. The fourth-order valence-electron chi connectivity index (χ4n) is 5.73. The first-order chi connectivity index (χ1) is 24.7. The highest BCUT2D eigenvalue weighted by Gasteiger charge is 2.17. The van der Waals surface area contributed by atoms with Gasteiger partial charge >= 0.3 is 0 Å². The molecule has 4 nitrogen and oxygen atoms in total. The predicted octanol–water partition coefficient (Wildman–Crippen LogP) is 12.9. The number of rotatable bonds is 36. The van der Waals surface area contributed by atoms with E-state index in [2.05, 4.69) is 86.0 Å². The van der Waals surface area contributed by atoms with E-state index in [-0.39, 0.29) is 12.5 Å². The molecule has 0 fully saturated rings. The van der Waals surface area contributed by atoms with E-state index in [0.29, 0.717) is 12.8 Å². The molecule has 286 valence electrons. The highest BCUT2D eigenvalue weighted by molar-refractivity contribution is 5.76. The standard InChI is InChI=1S/C46H79NO3/c1-3-5-7-9-11-13-15-17-19-21-23-25-27-29-31-33-35-37-39-41-45(49)44(43-48)47-46(50)42-40-38-36-34-32-30-28-26-24-22-20-18-16-14-12-10-8-6-4-2/h6,8,12,14,18,20,24,26,30,32,36,38-39,41,44-45,48-49H,3-5,7,9-11,13,15-17,19,21-23,25,27-29,31,33-35,37,40,42-43H2,1-2H3,(H,47,50)/b8-6-,14-12-,20-18-,26-24-,32-30-,38-36-,41-39+. The normalized spacial score (nSPS) is 13.9. The molecular weight excluding hydrogens is 615 g/mol. The highest BCUT2D eigenvalue weighted by atomic mass is 16.3. The van der Waals surface area contributed by atoms with Crippen molar-refractivity contribution in [1.82, 2.24) is 5.32 Å². The van der Waals surface area contributed by atoms with Gasteiger partial charge in [-0.05, 0) is 57.8 Å². The molecule has 0 aromatic carbocycles. The van der Waals surface area contributed by atoms with Gasteiger partial charge in [0.25, 0.3) is 0 Å². The van der Waals surface area contributed by atoms with E-state index in [1.54, 1.807) is 6.08 Å². The van der Waals surface area contributed by atoms with Crippen LogP contribution in [0.25, 0.3) is 0 Å². The van der Waals surface area contributed by atoms with Gasteiger partial charge in [-0.3, -0.25) is 4.79 Å². The minimum absolute atomic E-state index is 0.149. The lowest BCUT2D eigenvalue weighted by Gasteiger charge is -2.19. The number of hydrogen-bond acceptors (Lipinski definition) is 3. The number of amides is 1. The van der Waals surface area contributed by atoms with Gasteiger partial charge in [0.1, 0.15) is 0 Å². The summed E-state index contributed by atoms with van der Waals surface area (Å²) in [6, 6.07) is -0.667. The summed E-state index contributed by atoms with van der Waals surface area (Å²) in [5, 5.41) is 22.9. The van der Waals surface area contributed by atoms with Crippen molar-refractivity contribution in [3.63, 3.8) is 0 Å². The van der Waals surface area contributed by atoms with Crippen molar-refractivity contribution in [3.8, 4) is 0 Å². The fraction of sp³-hybridized carbons (Fsp3) is 0.674. The number of carbonyl (C=O) groups excluding carboxylic acids is 1. The van der Waals surface area contributed by atoms with Crippen molar-refractivity contribution < 1.29 is 15.0 Å². The number of carbonyl (C=O) groups is 1. The number of aliphatic hydroxyl groups excluding tert-OH is 2. The Kier molecular flexibility index (Phi) is 39.0. The van der Waals surface area contributed by atoms with Gasteiger partial charge in [-0.1, -0.05) is 202 Å². The van der Waals surface area contributed by atoms with Crippen LogP contribution < -0.4 is 5.32 Å². The van der Waals surface area contributed by atoms with Gasteiger partial charge in [0.05, 0.1) is 18.8 Å². The minimum Gasteiger partial charge on any atom is -0.394 e. The largest absolute Gasteiger partial charge is 0.394 e. The molecule has 0 aliphatic carbocycles. The molecule has 0 saturated heterocycles. The Bertz CT molecular complexity index is 926. The average Bonchev–Trinajstić information content (AvgIpc) is 3.12. The SMILES string of the molecule is CC/C=C\C/C=C\C/C=C\C/C=C\C/C=C\C/C=C\CCC(=O)NC(CO)C(O)/C=C/CCCCCCCCCCCCCCCCCCC. The quantitative estimate of drug-likeness (QED) is 0.0452. The van der Waals surface area contributed by atoms with Gasteiger partial charge in [0.2, 0.25) is 5.91 Å². The molecule has 0 bridgehead atoms. The number of allylic oxidation sites excluding steroid dienone is 13. The van der Waals surface area contributed by atoms with E-state index in [1.807, 2.05) is 12.2 Å². The third-order valence-corrected chi connectivity index (χ3v) is 8.90. The molecule has 0 aliphatic rings. The van der Waals surface area contributed by atoms with Gasteiger partial charge in [-0.2, -0.15) is 0 Å². The van der Waals surface area contributed by atoms with Gasteiger partial charge in [-0.25, -0.2) is 0 Å². The molecule has 0 rings (SSSR count). The second-order valence-corrected chi connectivity index (χ2v) is 13.7. The topological polar surface area (TPSA) is 69.6 Å². The zero-order valence-electron chi connectivity index (χ0n) is 32.6. The Morgan fingerprint density at radius 3 is 1.28 bits per heavy atom. The lowest BCUT2D eigenvalue weighted by Crippen LogP contribution is -2.45.